The summed E-state index contributed by atoms with van der Waals surface area (Å²) < 4.78 is 39.9. The Morgan fingerprint density at radius 1 is 1.44 bits per heavy atom. The summed E-state index contributed by atoms with van der Waals surface area (Å²) in [6, 6.07) is 4.02. The van der Waals surface area contributed by atoms with Crippen LogP contribution in [0.2, 0.25) is 0 Å². The van der Waals surface area contributed by atoms with Crippen LogP contribution in [0.5, 0.6) is 0 Å². The van der Waals surface area contributed by atoms with Gasteiger partial charge in [-0.3, -0.25) is 0 Å². The van der Waals surface area contributed by atoms with Crippen molar-refractivity contribution < 1.29 is 22.7 Å². The number of halogens is 4. The normalized spacial score (nSPS) is 11.2. The minimum absolute atomic E-state index is 0.0232. The maximum atomic E-state index is 11.8. The number of ether oxygens (including phenoxy) is 1. The Balaban J connectivity index is 2.70. The molecule has 16 heavy (non-hydrogen) atoms. The highest BCUT2D eigenvalue weighted by molar-refractivity contribution is 9.10. The molecule has 0 aliphatic heterocycles. The summed E-state index contributed by atoms with van der Waals surface area (Å²) in [6.07, 6.45) is -4.53. The number of hydrogen-bond acceptors (Lipinski definition) is 3. The molecule has 0 unspecified atom stereocenters. The number of hydrogen-bond donors (Lipinski definition) is 1. The van der Waals surface area contributed by atoms with Crippen molar-refractivity contribution >= 4 is 27.6 Å². The molecule has 0 radical (unpaired) electrons. The second-order valence-electron chi connectivity index (χ2n) is 2.93. The lowest BCUT2D eigenvalue weighted by Crippen LogP contribution is -2.20. The van der Waals surface area contributed by atoms with E-state index in [-0.39, 0.29) is 11.3 Å². The summed E-state index contributed by atoms with van der Waals surface area (Å²) in [4.78, 5) is 11.2. The van der Waals surface area contributed by atoms with Crippen LogP contribution in [-0.4, -0.2) is 18.8 Å². The fourth-order valence-corrected chi connectivity index (χ4v) is 1.15. The predicted molar refractivity (Wildman–Crippen MR) is 54.9 cm³/mol. The van der Waals surface area contributed by atoms with Crippen molar-refractivity contribution in [2.45, 2.75) is 6.18 Å². The largest absolute Gasteiger partial charge is 0.452 e. The van der Waals surface area contributed by atoms with Gasteiger partial charge >= 0.3 is 12.1 Å². The fraction of sp³-hybridized carbons (Fsp3) is 0.222. The first-order valence-electron chi connectivity index (χ1n) is 4.08. The number of nitrogens with two attached hydrogens (primary N) is 1. The highest BCUT2D eigenvalue weighted by Gasteiger charge is 2.29. The molecule has 0 aliphatic rings. The van der Waals surface area contributed by atoms with Crippen molar-refractivity contribution in [2.75, 3.05) is 12.3 Å². The van der Waals surface area contributed by atoms with E-state index < -0.39 is 18.8 Å². The molecule has 1 aromatic carbocycles. The quantitative estimate of drug-likeness (QED) is 0.674. The Morgan fingerprint density at radius 2 is 2.06 bits per heavy atom. The number of nitrogen functional groups attached to an aromatic ring is 1. The summed E-state index contributed by atoms with van der Waals surface area (Å²) in [5, 5.41) is 0. The number of rotatable bonds is 2. The van der Waals surface area contributed by atoms with E-state index in [0.717, 1.165) is 0 Å². The van der Waals surface area contributed by atoms with Crippen molar-refractivity contribution in [1.82, 2.24) is 0 Å². The minimum Gasteiger partial charge on any atom is -0.452 e. The van der Waals surface area contributed by atoms with Crippen LogP contribution in [0.3, 0.4) is 0 Å². The monoisotopic (exact) mass is 297 g/mol. The lowest BCUT2D eigenvalue weighted by molar-refractivity contribution is -0.161. The average molecular weight is 298 g/mol. The van der Waals surface area contributed by atoms with Gasteiger partial charge in [0.05, 0.1) is 5.56 Å². The Bertz CT molecular complexity index is 406. The molecule has 3 nitrogen and oxygen atoms in total. The highest BCUT2D eigenvalue weighted by Crippen LogP contribution is 2.21. The van der Waals surface area contributed by atoms with E-state index in [1.165, 1.54) is 18.2 Å². The Kier molecular flexibility index (Phi) is 3.79. The Hall–Kier alpha value is -1.24. The first-order valence-corrected chi connectivity index (χ1v) is 4.88. The zero-order chi connectivity index (χ0) is 12.3. The van der Waals surface area contributed by atoms with Gasteiger partial charge in [0.25, 0.3) is 0 Å². The number of benzene rings is 1. The van der Waals surface area contributed by atoms with Crippen molar-refractivity contribution in [1.29, 1.82) is 0 Å². The summed E-state index contributed by atoms with van der Waals surface area (Å²) in [5.41, 5.74) is 5.69. The van der Waals surface area contributed by atoms with Crippen molar-refractivity contribution in [3.05, 3.63) is 28.2 Å². The van der Waals surface area contributed by atoms with Crippen molar-refractivity contribution in [3.63, 3.8) is 0 Å². The predicted octanol–water partition coefficient (Wildman–Crippen LogP) is 2.75. The molecule has 1 rings (SSSR count). The molecule has 7 heteroatoms. The fourth-order valence-electron chi connectivity index (χ4n) is 0.901. The standard InChI is InChI=1S/C9H7BrF3NO2/c10-6-2-1-5(3-7(6)14)8(15)16-4-9(11,12)13/h1-3H,4,14H2. The van der Waals surface area contributed by atoms with E-state index in [2.05, 4.69) is 20.7 Å². The number of carbonyl (C=O) groups is 1. The molecule has 0 saturated carbocycles. The molecule has 2 N–H and O–H groups in total. The highest BCUT2D eigenvalue weighted by atomic mass is 79.9. The molecule has 1 aromatic rings. The van der Waals surface area contributed by atoms with Crippen LogP contribution in [0.15, 0.2) is 22.7 Å². The average Bonchev–Trinajstić information content (AvgIpc) is 2.17. The molecule has 0 amide bonds. The topological polar surface area (TPSA) is 52.3 Å². The van der Waals surface area contributed by atoms with Crippen LogP contribution in [0.1, 0.15) is 10.4 Å². The van der Waals surface area contributed by atoms with Gasteiger partial charge in [-0.2, -0.15) is 13.2 Å². The van der Waals surface area contributed by atoms with Crippen LogP contribution in [0, 0.1) is 0 Å². The van der Waals surface area contributed by atoms with Crippen LogP contribution in [0.4, 0.5) is 18.9 Å². The van der Waals surface area contributed by atoms with Crippen LogP contribution < -0.4 is 5.73 Å². The summed E-state index contributed by atoms with van der Waals surface area (Å²) in [7, 11) is 0. The molecule has 0 fully saturated rings. The van der Waals surface area contributed by atoms with Gasteiger partial charge in [0.15, 0.2) is 6.61 Å². The van der Waals surface area contributed by atoms with Crippen LogP contribution in [0.25, 0.3) is 0 Å². The molecule has 0 saturated heterocycles. The first kappa shape index (κ1) is 12.8. The Labute approximate surface area is 97.5 Å². The molecule has 88 valence electrons. The van der Waals surface area contributed by atoms with Gasteiger partial charge in [-0.1, -0.05) is 0 Å². The second-order valence-corrected chi connectivity index (χ2v) is 3.78. The van der Waals surface area contributed by atoms with Crippen LogP contribution >= 0.6 is 15.9 Å². The second kappa shape index (κ2) is 4.73. The molecular weight excluding hydrogens is 291 g/mol. The van der Waals surface area contributed by atoms with Gasteiger partial charge in [-0.05, 0) is 34.1 Å². The molecule has 0 aromatic heterocycles. The first-order chi connectivity index (χ1) is 7.29. The molecule has 0 aliphatic carbocycles. The maximum Gasteiger partial charge on any atom is 0.422 e. The lowest BCUT2D eigenvalue weighted by Gasteiger charge is -2.08. The van der Waals surface area contributed by atoms with E-state index in [4.69, 9.17) is 5.73 Å². The number of anilines is 1. The van der Waals surface area contributed by atoms with Crippen molar-refractivity contribution in [2.24, 2.45) is 0 Å². The zero-order valence-corrected chi connectivity index (χ0v) is 9.43. The number of alkyl halides is 3. The van der Waals surface area contributed by atoms with E-state index in [0.29, 0.717) is 4.47 Å². The van der Waals surface area contributed by atoms with Gasteiger partial charge in [-0.25, -0.2) is 4.79 Å². The lowest BCUT2D eigenvalue weighted by atomic mass is 10.2. The van der Waals surface area contributed by atoms with Gasteiger partial charge in [0.2, 0.25) is 0 Å². The molecule has 0 bridgehead atoms. The number of esters is 1. The van der Waals surface area contributed by atoms with E-state index in [9.17, 15) is 18.0 Å². The van der Waals surface area contributed by atoms with Crippen LogP contribution in [-0.2, 0) is 4.74 Å². The minimum atomic E-state index is -4.53. The zero-order valence-electron chi connectivity index (χ0n) is 7.84. The third kappa shape index (κ3) is 3.73. The summed E-state index contributed by atoms with van der Waals surface area (Å²) in [6.45, 7) is -1.61. The van der Waals surface area contributed by atoms with Gasteiger partial charge in [0.1, 0.15) is 0 Å². The summed E-state index contributed by atoms with van der Waals surface area (Å²) >= 11 is 3.09. The molecule has 0 atom stereocenters. The third-order valence-electron chi connectivity index (χ3n) is 1.60. The summed E-state index contributed by atoms with van der Waals surface area (Å²) in [5.74, 6) is -1.06. The third-order valence-corrected chi connectivity index (χ3v) is 2.32. The van der Waals surface area contributed by atoms with E-state index in [1.807, 2.05) is 0 Å². The Morgan fingerprint density at radius 3 is 2.56 bits per heavy atom. The van der Waals surface area contributed by atoms with E-state index in [1.54, 1.807) is 0 Å². The van der Waals surface area contributed by atoms with Gasteiger partial charge in [0, 0.05) is 10.2 Å². The SMILES string of the molecule is Nc1cc(C(=O)OCC(F)(F)F)ccc1Br. The van der Waals surface area contributed by atoms with Crippen molar-refractivity contribution in [3.8, 4) is 0 Å². The molecule has 0 spiro atoms. The number of carbonyl (C=O) groups excluding carboxylic acids is 1. The maximum absolute atomic E-state index is 11.8. The molecule has 0 heterocycles. The van der Waals surface area contributed by atoms with E-state index >= 15 is 0 Å². The van der Waals surface area contributed by atoms with Gasteiger partial charge < -0.3 is 10.5 Å². The molecular formula is C9H7BrF3NO2. The van der Waals surface area contributed by atoms with Gasteiger partial charge in [-0.15, -0.1) is 0 Å². The smallest absolute Gasteiger partial charge is 0.422 e.